The molecule has 0 fully saturated rings. The molecule has 65 heavy (non-hydrogen) atoms. The molecular weight excluding hydrogens is 787 g/mol. The monoisotopic (exact) mass is 835 g/mol. The third-order valence-electron chi connectivity index (χ3n) is 14.3. The minimum Gasteiger partial charge on any atom is -0.456 e. The van der Waals surface area contributed by atoms with Crippen LogP contribution in [0.3, 0.4) is 0 Å². The predicted molar refractivity (Wildman–Crippen MR) is 274 cm³/mol. The maximum absolute atomic E-state index is 6.45. The molecule has 12 rings (SSSR count). The maximum atomic E-state index is 6.45. The number of hydrogen-bond donors (Lipinski definition) is 0. The first-order valence-electron chi connectivity index (χ1n) is 23.1. The number of benzene rings is 7. The minimum atomic E-state index is -0.119. The highest BCUT2D eigenvalue weighted by Gasteiger charge is 2.41. The number of furan rings is 1. The number of allylic oxidation sites excluding steroid dienone is 15. The van der Waals surface area contributed by atoms with Gasteiger partial charge in [-0.25, -0.2) is 0 Å². The lowest BCUT2D eigenvalue weighted by Crippen LogP contribution is -2.36. The van der Waals surface area contributed by atoms with Gasteiger partial charge in [-0.3, -0.25) is 0 Å². The van der Waals surface area contributed by atoms with E-state index in [2.05, 4.69) is 242 Å². The zero-order chi connectivity index (χ0) is 43.3. The van der Waals surface area contributed by atoms with E-state index in [0.717, 1.165) is 41.2 Å². The summed E-state index contributed by atoms with van der Waals surface area (Å²) < 4.78 is 6.45. The average Bonchev–Trinajstić information content (AvgIpc) is 3.74. The second-order valence-corrected chi connectivity index (χ2v) is 18.2. The first kappa shape index (κ1) is 39.0. The van der Waals surface area contributed by atoms with Crippen molar-refractivity contribution in [2.24, 2.45) is 17.3 Å². The van der Waals surface area contributed by atoms with Crippen molar-refractivity contribution in [2.45, 2.75) is 26.2 Å². The molecule has 312 valence electrons. The molecule has 3 atom stereocenters. The van der Waals surface area contributed by atoms with Crippen molar-refractivity contribution >= 4 is 49.5 Å². The Bertz CT molecular complexity index is 3400. The third kappa shape index (κ3) is 7.07. The zero-order valence-corrected chi connectivity index (χ0v) is 36.6. The van der Waals surface area contributed by atoms with Gasteiger partial charge >= 0.3 is 0 Å². The van der Waals surface area contributed by atoms with Gasteiger partial charge in [-0.2, -0.15) is 0 Å². The van der Waals surface area contributed by atoms with Crippen LogP contribution in [0.4, 0.5) is 5.69 Å². The SMILES string of the molecule is CC1(C2C=CC(N(C3=CC=C(c4ccccc4)CC3)c3ccc(-c4ccccc4)cc3)=C3C=CC=CC32)C=CC=C(c2ccc3oc4ccc(-c5cccc6ccccc56)cc4c3c2)C1. The Morgan fingerprint density at radius 2 is 1.22 bits per heavy atom. The number of rotatable bonds is 8. The molecule has 3 unspecified atom stereocenters. The lowest BCUT2D eigenvalue weighted by molar-refractivity contribution is 0.270. The van der Waals surface area contributed by atoms with Gasteiger partial charge in [0, 0.05) is 33.8 Å². The molecule has 0 N–H and O–H groups in total. The van der Waals surface area contributed by atoms with E-state index in [4.69, 9.17) is 4.42 Å². The molecule has 0 aliphatic heterocycles. The van der Waals surface area contributed by atoms with E-state index in [1.165, 1.54) is 78.0 Å². The second kappa shape index (κ2) is 16.1. The molecule has 0 saturated carbocycles. The fourth-order valence-electron chi connectivity index (χ4n) is 10.9. The van der Waals surface area contributed by atoms with Crippen molar-refractivity contribution in [1.29, 1.82) is 0 Å². The molecule has 1 heterocycles. The van der Waals surface area contributed by atoms with Crippen molar-refractivity contribution in [2.75, 3.05) is 4.90 Å². The number of fused-ring (bicyclic) bond motifs is 5. The zero-order valence-electron chi connectivity index (χ0n) is 36.6. The molecule has 1 aromatic heterocycles. The highest BCUT2D eigenvalue weighted by molar-refractivity contribution is 6.08. The Kier molecular flexibility index (Phi) is 9.68. The van der Waals surface area contributed by atoms with Crippen LogP contribution in [-0.2, 0) is 0 Å². The van der Waals surface area contributed by atoms with Gasteiger partial charge in [0.05, 0.1) is 0 Å². The van der Waals surface area contributed by atoms with Crippen molar-refractivity contribution in [3.63, 3.8) is 0 Å². The van der Waals surface area contributed by atoms with Crippen molar-refractivity contribution < 1.29 is 4.42 Å². The van der Waals surface area contributed by atoms with Crippen LogP contribution in [0.25, 0.3) is 66.1 Å². The highest BCUT2D eigenvalue weighted by Crippen LogP contribution is 2.52. The Morgan fingerprint density at radius 1 is 0.523 bits per heavy atom. The minimum absolute atomic E-state index is 0.119. The van der Waals surface area contributed by atoms with Gasteiger partial charge < -0.3 is 9.32 Å². The summed E-state index contributed by atoms with van der Waals surface area (Å²) in [4.78, 5) is 2.53. The van der Waals surface area contributed by atoms with E-state index in [9.17, 15) is 0 Å². The summed E-state index contributed by atoms with van der Waals surface area (Å²) in [6.45, 7) is 2.46. The van der Waals surface area contributed by atoms with Crippen LogP contribution in [0.15, 0.2) is 252 Å². The quantitative estimate of drug-likeness (QED) is 0.152. The molecular formula is C63H49NO. The molecule has 0 saturated heterocycles. The number of hydrogen-bond acceptors (Lipinski definition) is 2. The summed E-state index contributed by atoms with van der Waals surface area (Å²) >= 11 is 0. The summed E-state index contributed by atoms with van der Waals surface area (Å²) in [7, 11) is 0. The maximum Gasteiger partial charge on any atom is 0.135 e. The van der Waals surface area contributed by atoms with E-state index >= 15 is 0 Å². The lowest BCUT2D eigenvalue weighted by atomic mass is 9.61. The van der Waals surface area contributed by atoms with Gasteiger partial charge in [-0.1, -0.05) is 189 Å². The first-order valence-corrected chi connectivity index (χ1v) is 23.1. The van der Waals surface area contributed by atoms with Crippen LogP contribution >= 0.6 is 0 Å². The molecule has 7 aromatic carbocycles. The van der Waals surface area contributed by atoms with Gasteiger partial charge in [0.15, 0.2) is 0 Å². The van der Waals surface area contributed by atoms with Crippen LogP contribution in [0.2, 0.25) is 0 Å². The van der Waals surface area contributed by atoms with Gasteiger partial charge in [-0.15, -0.1) is 0 Å². The Morgan fingerprint density at radius 3 is 2.00 bits per heavy atom. The molecule has 2 heteroatoms. The second-order valence-electron chi connectivity index (χ2n) is 18.2. The molecule has 4 aliphatic rings. The van der Waals surface area contributed by atoms with Gasteiger partial charge in [0.2, 0.25) is 0 Å². The summed E-state index contributed by atoms with van der Waals surface area (Å²) in [6.07, 6.45) is 28.9. The van der Waals surface area contributed by atoms with Crippen molar-refractivity contribution in [3.8, 4) is 22.3 Å². The van der Waals surface area contributed by atoms with Crippen LogP contribution < -0.4 is 4.90 Å². The summed E-state index contributed by atoms with van der Waals surface area (Å²) in [5.41, 5.74) is 17.0. The standard InChI is InChI=1S/C63H49NO/c1-63(39-13-20-50(42-63)48-29-37-61-57(40-48)58-41-49(30-38-62(58)65-61)54-24-12-19-47-18-8-9-21-53(47)54)59-35-36-60(56-23-11-10-22-55(56)59)64(51-31-25-45(26-32-51)43-14-4-2-5-15-43)52-33-27-46(28-34-52)44-16-6-3-7-17-44/h2-27,29-33,35-41,55,59H,28,34,42H2,1H3. The van der Waals surface area contributed by atoms with Crippen LogP contribution in [0.1, 0.15) is 37.3 Å². The Labute approximate surface area is 381 Å². The van der Waals surface area contributed by atoms with Gasteiger partial charge in [0.25, 0.3) is 0 Å². The average molecular weight is 836 g/mol. The van der Waals surface area contributed by atoms with Gasteiger partial charge in [-0.05, 0) is 140 Å². The lowest BCUT2D eigenvalue weighted by Gasteiger charge is -2.44. The first-order chi connectivity index (χ1) is 32.1. The Hall–Kier alpha value is -7.68. The fourth-order valence-corrected chi connectivity index (χ4v) is 10.9. The van der Waals surface area contributed by atoms with E-state index in [-0.39, 0.29) is 17.3 Å². The predicted octanol–water partition coefficient (Wildman–Crippen LogP) is 16.9. The molecule has 0 bridgehead atoms. The molecule has 0 spiro atoms. The smallest absolute Gasteiger partial charge is 0.135 e. The van der Waals surface area contributed by atoms with E-state index < -0.39 is 0 Å². The largest absolute Gasteiger partial charge is 0.456 e. The van der Waals surface area contributed by atoms with Gasteiger partial charge in [0.1, 0.15) is 11.2 Å². The third-order valence-corrected chi connectivity index (χ3v) is 14.3. The molecule has 2 nitrogen and oxygen atoms in total. The molecule has 8 aromatic rings. The van der Waals surface area contributed by atoms with E-state index in [1.807, 2.05) is 0 Å². The summed E-state index contributed by atoms with van der Waals surface area (Å²) in [5.74, 6) is 0.476. The number of nitrogens with zero attached hydrogens (tertiary/aromatic N) is 1. The van der Waals surface area contributed by atoms with Crippen molar-refractivity contribution in [1.82, 2.24) is 0 Å². The molecule has 4 aliphatic carbocycles. The summed E-state index contributed by atoms with van der Waals surface area (Å²) in [5, 5.41) is 4.82. The highest BCUT2D eigenvalue weighted by atomic mass is 16.3. The number of anilines is 1. The summed E-state index contributed by atoms with van der Waals surface area (Å²) in [6, 6.07) is 59.3. The normalized spacial score (nSPS) is 20.2. The van der Waals surface area contributed by atoms with Crippen LogP contribution in [0.5, 0.6) is 0 Å². The molecule has 0 radical (unpaired) electrons. The molecule has 0 amide bonds. The van der Waals surface area contributed by atoms with E-state index in [0.29, 0.717) is 0 Å². The van der Waals surface area contributed by atoms with Crippen LogP contribution in [0, 0.1) is 17.3 Å². The topological polar surface area (TPSA) is 16.4 Å². The van der Waals surface area contributed by atoms with Crippen molar-refractivity contribution in [3.05, 3.63) is 259 Å². The van der Waals surface area contributed by atoms with Crippen LogP contribution in [-0.4, -0.2) is 0 Å². The van der Waals surface area contributed by atoms with E-state index in [1.54, 1.807) is 0 Å². The Balaban J connectivity index is 0.878. The fraction of sp³-hybridized carbons (Fsp3) is 0.111.